The topological polar surface area (TPSA) is 174 Å². The number of anilines is 1. The molecular formula is C60H82N10O8. The van der Waals surface area contributed by atoms with Gasteiger partial charge in [-0.25, -0.2) is 10.2 Å². The predicted molar refractivity (Wildman–Crippen MR) is 301 cm³/mol. The number of hydrogen-bond donors (Lipinski definition) is 2. The quantitative estimate of drug-likeness (QED) is 0.131. The van der Waals surface area contributed by atoms with Gasteiger partial charge in [0.05, 0.1) is 54.7 Å². The molecule has 0 aliphatic carbocycles. The third kappa shape index (κ3) is 11.8. The fourth-order valence-corrected chi connectivity index (χ4v) is 12.4. The summed E-state index contributed by atoms with van der Waals surface area (Å²) >= 11 is 0. The minimum Gasteiger partial charge on any atom is -0.464 e. The summed E-state index contributed by atoms with van der Waals surface area (Å²) in [6, 6.07) is 13.9. The van der Waals surface area contributed by atoms with Gasteiger partial charge in [0.25, 0.3) is 5.91 Å². The highest BCUT2D eigenvalue weighted by atomic mass is 16.5. The van der Waals surface area contributed by atoms with Gasteiger partial charge in [-0.05, 0) is 105 Å². The summed E-state index contributed by atoms with van der Waals surface area (Å²) in [6.45, 7) is 22.9. The zero-order valence-corrected chi connectivity index (χ0v) is 47.4. The first-order chi connectivity index (χ1) is 37.3. The molecule has 18 nitrogen and oxygen atoms in total. The number of carbonyl (C=O) groups is 5. The van der Waals surface area contributed by atoms with E-state index in [1.54, 1.807) is 24.0 Å². The Kier molecular flexibility index (Phi) is 17.0. The van der Waals surface area contributed by atoms with E-state index in [1.165, 1.54) is 16.0 Å². The molecule has 5 aliphatic rings. The van der Waals surface area contributed by atoms with E-state index in [2.05, 4.69) is 95.9 Å². The van der Waals surface area contributed by atoms with Crippen LogP contribution < -0.4 is 15.6 Å². The smallest absolute Gasteiger partial charge is 0.324 e. The van der Waals surface area contributed by atoms with E-state index in [0.29, 0.717) is 78.0 Å². The number of benzene rings is 2. The Morgan fingerprint density at radius 1 is 0.974 bits per heavy atom. The average Bonchev–Trinajstić information content (AvgIpc) is 3.97. The molecule has 1 spiro atoms. The highest BCUT2D eigenvalue weighted by Crippen LogP contribution is 2.43. The SMILES string of the molecule is C=CC(=O)N1CCOC2(CCN(C(=O)N(C)[C@H](C(=O)N[C@H]3Cc4cccc(c4)-c4ccc5c(c4)c(c(-c4cc(N6CCN(C)CC6)cnc4[C@H](C)OC)n5CC)CC(C)(C)COC(=O)[C@@H]4CCCN(N4)C3=O)C(C)C)CC2)C1. The highest BCUT2D eigenvalue weighted by Gasteiger charge is 2.44. The maximum atomic E-state index is 14.9. The van der Waals surface area contributed by atoms with Gasteiger partial charge >= 0.3 is 12.0 Å². The summed E-state index contributed by atoms with van der Waals surface area (Å²) in [7, 11) is 5.52. The van der Waals surface area contributed by atoms with E-state index in [4.69, 9.17) is 19.2 Å². The molecule has 7 heterocycles. The van der Waals surface area contributed by atoms with Crippen LogP contribution in [-0.4, -0.2) is 181 Å². The zero-order valence-electron chi connectivity index (χ0n) is 47.4. The molecule has 420 valence electrons. The molecule has 0 saturated carbocycles. The lowest BCUT2D eigenvalue weighted by atomic mass is 9.84. The van der Waals surface area contributed by atoms with E-state index in [9.17, 15) is 24.0 Å². The Morgan fingerprint density at radius 3 is 2.42 bits per heavy atom. The lowest BCUT2D eigenvalue weighted by molar-refractivity contribution is -0.155. The van der Waals surface area contributed by atoms with Gasteiger partial charge in [0.15, 0.2) is 0 Å². The van der Waals surface area contributed by atoms with E-state index in [0.717, 1.165) is 82.0 Å². The van der Waals surface area contributed by atoms with Crippen LogP contribution in [0.1, 0.15) is 90.2 Å². The van der Waals surface area contributed by atoms with Gasteiger partial charge in [-0.3, -0.25) is 29.2 Å². The van der Waals surface area contributed by atoms with Gasteiger partial charge < -0.3 is 48.6 Å². The maximum absolute atomic E-state index is 14.9. The number of carbonyl (C=O) groups excluding carboxylic acids is 5. The number of aromatic nitrogens is 2. The van der Waals surface area contributed by atoms with Gasteiger partial charge in [0.2, 0.25) is 11.8 Å². The van der Waals surface area contributed by atoms with Gasteiger partial charge in [-0.1, -0.05) is 64.6 Å². The maximum Gasteiger partial charge on any atom is 0.324 e. The lowest BCUT2D eigenvalue weighted by Gasteiger charge is -2.47. The molecule has 6 bridgehead atoms. The molecule has 0 radical (unpaired) electrons. The van der Waals surface area contributed by atoms with Crippen molar-refractivity contribution in [2.75, 3.05) is 98.2 Å². The normalized spacial score (nSPS) is 22.0. The Morgan fingerprint density at radius 2 is 1.72 bits per heavy atom. The number of rotatable bonds is 10. The van der Waals surface area contributed by atoms with Crippen molar-refractivity contribution in [3.8, 4) is 22.4 Å². The molecular weight excluding hydrogens is 989 g/mol. The number of morpholine rings is 1. The largest absolute Gasteiger partial charge is 0.464 e. The van der Waals surface area contributed by atoms with Crippen LogP contribution in [0, 0.1) is 11.3 Å². The zero-order chi connectivity index (χ0) is 55.6. The van der Waals surface area contributed by atoms with Crippen LogP contribution in [0.3, 0.4) is 0 Å². The number of cyclic esters (lactones) is 1. The molecule has 4 aromatic rings. The Balaban J connectivity index is 1.06. The number of fused-ring (bicyclic) bond motifs is 6. The second kappa shape index (κ2) is 23.6. The van der Waals surface area contributed by atoms with Gasteiger partial charge in [-0.15, -0.1) is 0 Å². The van der Waals surface area contributed by atoms with Crippen molar-refractivity contribution in [2.45, 2.75) is 116 Å². The Hall–Kier alpha value is -6.34. The molecule has 9 rings (SSSR count). The van der Waals surface area contributed by atoms with Crippen molar-refractivity contribution < 1.29 is 38.2 Å². The second-order valence-corrected chi connectivity index (χ2v) is 23.4. The molecule has 2 aromatic carbocycles. The van der Waals surface area contributed by atoms with E-state index in [1.807, 2.05) is 39.1 Å². The minimum absolute atomic E-state index is 0.127. The number of amides is 5. The second-order valence-electron chi connectivity index (χ2n) is 23.4. The van der Waals surface area contributed by atoms with E-state index >= 15 is 0 Å². The summed E-state index contributed by atoms with van der Waals surface area (Å²) in [5.41, 5.74) is 11.1. The first kappa shape index (κ1) is 56.4. The number of nitrogens with one attached hydrogen (secondary N) is 2. The number of methoxy groups -OCH3 is 1. The van der Waals surface area contributed by atoms with Crippen LogP contribution in [-0.2, 0) is 52.8 Å². The molecule has 2 N–H and O–H groups in total. The summed E-state index contributed by atoms with van der Waals surface area (Å²) in [5.74, 6) is -1.76. The molecule has 2 aromatic heterocycles. The van der Waals surface area contributed by atoms with Crippen molar-refractivity contribution in [3.05, 3.63) is 84.2 Å². The molecule has 5 aliphatic heterocycles. The fourth-order valence-electron chi connectivity index (χ4n) is 12.4. The summed E-state index contributed by atoms with van der Waals surface area (Å²) < 4.78 is 20.9. The lowest BCUT2D eigenvalue weighted by Crippen LogP contribution is -2.63. The predicted octanol–water partition coefficient (Wildman–Crippen LogP) is 6.45. The summed E-state index contributed by atoms with van der Waals surface area (Å²) in [5, 5.41) is 5.66. The molecule has 0 unspecified atom stereocenters. The van der Waals surface area contributed by atoms with Gasteiger partial charge in [0, 0.05) is 101 Å². The molecule has 4 atom stereocenters. The van der Waals surface area contributed by atoms with E-state index in [-0.39, 0.29) is 37.0 Å². The number of hydrazine groups is 1. The summed E-state index contributed by atoms with van der Waals surface area (Å²) in [4.78, 5) is 85.7. The number of likely N-dealkylation sites (N-methyl/N-ethyl adjacent to an activating group) is 2. The third-order valence-electron chi connectivity index (χ3n) is 16.9. The third-order valence-corrected chi connectivity index (χ3v) is 16.9. The number of urea groups is 1. The van der Waals surface area contributed by atoms with Gasteiger partial charge in [-0.2, -0.15) is 0 Å². The Labute approximate surface area is 460 Å². The number of nitrogens with zero attached hydrogens (tertiary/aromatic N) is 8. The molecule has 5 amide bonds. The molecule has 4 fully saturated rings. The van der Waals surface area contributed by atoms with Crippen LogP contribution in [0.2, 0.25) is 0 Å². The molecule has 78 heavy (non-hydrogen) atoms. The monoisotopic (exact) mass is 1070 g/mol. The number of pyridine rings is 1. The standard InChI is InChI=1S/C60H82N10O8/c1-11-51(71)68-29-30-78-60(37-68)20-23-67(24-21-60)58(75)65(9)53(39(3)4)55(72)62-49-32-41-15-13-16-42(31-41)43-18-19-50-45(33-43)47(35-59(6,7)38-77-57(74)48-17-14-22-70(63-48)56(49)73)54(69(50)12-2)46-34-44(36-61-52(46)40(5)76-10)66-27-25-64(8)26-28-66/h11,13,15-16,18-19,31,33-34,36,39-40,48-49,53,63H,1,12,14,17,20-30,32,35,37-38H2,2-10H3,(H,62,72)/t40-,48-,49-,53-/m0/s1. The minimum atomic E-state index is -1.06. The van der Waals surface area contributed by atoms with Gasteiger partial charge in [0.1, 0.15) is 18.1 Å². The van der Waals surface area contributed by atoms with Crippen molar-refractivity contribution >= 4 is 46.3 Å². The first-order valence-electron chi connectivity index (χ1n) is 28.2. The average molecular weight is 1070 g/mol. The van der Waals surface area contributed by atoms with Crippen molar-refractivity contribution in [3.63, 3.8) is 0 Å². The first-order valence-corrected chi connectivity index (χ1v) is 28.2. The van der Waals surface area contributed by atoms with E-state index < -0.39 is 46.9 Å². The number of ether oxygens (including phenoxy) is 3. The molecule has 18 heteroatoms. The number of hydrogen-bond acceptors (Lipinski definition) is 12. The fraction of sp³-hybridized carbons (Fsp3) is 0.567. The van der Waals surface area contributed by atoms with Crippen molar-refractivity contribution in [2.24, 2.45) is 11.3 Å². The van der Waals surface area contributed by atoms with Crippen LogP contribution in [0.4, 0.5) is 10.5 Å². The highest BCUT2D eigenvalue weighted by molar-refractivity contribution is 5.96. The van der Waals surface area contributed by atoms with Crippen LogP contribution in [0.5, 0.6) is 0 Å². The Bertz CT molecular complexity index is 2880. The number of likely N-dealkylation sites (tertiary alicyclic amines) is 1. The number of esters is 1. The van der Waals surface area contributed by atoms with Crippen LogP contribution in [0.25, 0.3) is 33.3 Å². The number of piperazine rings is 1. The number of piperidine rings is 1. The summed E-state index contributed by atoms with van der Waals surface area (Å²) in [6.07, 6.45) is 5.82. The molecule has 4 saturated heterocycles. The van der Waals surface area contributed by atoms with Crippen LogP contribution in [0.15, 0.2) is 67.4 Å². The van der Waals surface area contributed by atoms with Crippen molar-refractivity contribution in [1.29, 1.82) is 0 Å². The van der Waals surface area contributed by atoms with Crippen LogP contribution >= 0.6 is 0 Å². The number of aryl methyl sites for hydroxylation is 1. The van der Waals surface area contributed by atoms with Crippen molar-refractivity contribution in [1.82, 2.24) is 44.9 Å².